The summed E-state index contributed by atoms with van der Waals surface area (Å²) in [7, 11) is 7.62. The van der Waals surface area contributed by atoms with E-state index in [9.17, 15) is 19.5 Å². The van der Waals surface area contributed by atoms with Crippen LogP contribution in [0.5, 0.6) is 0 Å². The van der Waals surface area contributed by atoms with E-state index in [1.54, 1.807) is 35.6 Å². The number of aliphatic carboxylic acids is 1. The number of hydrogen-bond acceptors (Lipinski definition) is 7. The quantitative estimate of drug-likeness (QED) is 0.602. The molecule has 0 saturated carbocycles. The highest BCUT2D eigenvalue weighted by molar-refractivity contribution is 8.77. The molecule has 6 nitrogen and oxygen atoms in total. The molecule has 0 aromatic rings. The molecule has 2 aliphatic heterocycles. The van der Waals surface area contributed by atoms with Gasteiger partial charge >= 0.3 is 5.97 Å². The van der Waals surface area contributed by atoms with Gasteiger partial charge in [-0.05, 0) is 13.8 Å². The first kappa shape index (κ1) is 19.1. The summed E-state index contributed by atoms with van der Waals surface area (Å²) in [5.74, 6) is 0.294. The Hall–Kier alpha value is -0.190. The molecule has 23 heavy (non-hydrogen) atoms. The lowest BCUT2D eigenvalue weighted by atomic mass is 9.83. The first-order chi connectivity index (χ1) is 10.7. The van der Waals surface area contributed by atoms with Crippen molar-refractivity contribution in [2.45, 2.75) is 25.1 Å². The van der Waals surface area contributed by atoms with E-state index in [0.717, 1.165) is 0 Å². The van der Waals surface area contributed by atoms with Crippen LogP contribution in [-0.2, 0) is 14.4 Å². The first-order valence-electron chi connectivity index (χ1n) is 7.03. The zero-order valence-corrected chi connectivity index (χ0v) is 16.3. The van der Waals surface area contributed by atoms with Crippen LogP contribution in [0.1, 0.15) is 13.8 Å². The predicted molar refractivity (Wildman–Crippen MR) is 98.6 cm³/mol. The molecular formula is C13H20N2O4S4. The normalized spacial score (nSPS) is 30.7. The number of hydrogen-bond donors (Lipinski definition) is 3. The van der Waals surface area contributed by atoms with Gasteiger partial charge in [-0.2, -0.15) is 0 Å². The van der Waals surface area contributed by atoms with E-state index >= 15 is 0 Å². The number of amides is 2. The smallest absolute Gasteiger partial charge is 0.327 e. The maximum Gasteiger partial charge on any atom is 0.327 e. The second-order valence-electron chi connectivity index (χ2n) is 6.15. The molecule has 0 aliphatic carbocycles. The number of carbonyl (C=O) groups is 3. The van der Waals surface area contributed by atoms with Crippen LogP contribution in [0.4, 0.5) is 0 Å². The topological polar surface area (TPSA) is 95.5 Å². The van der Waals surface area contributed by atoms with Crippen LogP contribution >= 0.6 is 43.2 Å². The van der Waals surface area contributed by atoms with E-state index in [0.29, 0.717) is 17.3 Å². The third kappa shape index (κ3) is 3.74. The Morgan fingerprint density at radius 3 is 2.22 bits per heavy atom. The molecule has 0 bridgehead atoms. The Kier molecular flexibility index (Phi) is 6.13. The van der Waals surface area contributed by atoms with Crippen LogP contribution < -0.4 is 10.6 Å². The van der Waals surface area contributed by atoms with E-state index in [1.165, 1.54) is 21.6 Å². The van der Waals surface area contributed by atoms with Gasteiger partial charge in [-0.15, -0.1) is 0 Å². The van der Waals surface area contributed by atoms with Crippen LogP contribution in [0, 0.1) is 10.8 Å². The zero-order chi connectivity index (χ0) is 17.3. The number of nitrogens with one attached hydrogen (secondary N) is 2. The largest absolute Gasteiger partial charge is 0.480 e. The van der Waals surface area contributed by atoms with Crippen LogP contribution in [0.3, 0.4) is 0 Å². The fourth-order valence-corrected chi connectivity index (χ4v) is 9.69. The summed E-state index contributed by atoms with van der Waals surface area (Å²) in [5, 5.41) is 14.4. The molecule has 0 spiro atoms. The second-order valence-corrected chi connectivity index (χ2v) is 11.1. The van der Waals surface area contributed by atoms with E-state index in [4.69, 9.17) is 0 Å². The van der Waals surface area contributed by atoms with Crippen molar-refractivity contribution >= 4 is 61.0 Å². The van der Waals surface area contributed by atoms with Gasteiger partial charge in [-0.1, -0.05) is 43.2 Å². The molecular weight excluding hydrogens is 376 g/mol. The lowest BCUT2D eigenvalue weighted by Gasteiger charge is -2.33. The highest BCUT2D eigenvalue weighted by atomic mass is 33.1. The molecule has 2 aliphatic rings. The van der Waals surface area contributed by atoms with Gasteiger partial charge in [0.25, 0.3) is 0 Å². The van der Waals surface area contributed by atoms with Crippen molar-refractivity contribution in [1.82, 2.24) is 10.6 Å². The summed E-state index contributed by atoms with van der Waals surface area (Å²) in [6.45, 7) is 3.61. The van der Waals surface area contributed by atoms with Crippen molar-refractivity contribution < 1.29 is 19.5 Å². The lowest BCUT2D eigenvalue weighted by Crippen LogP contribution is -2.58. The molecule has 2 rings (SSSR count). The fourth-order valence-electron chi connectivity index (χ4n) is 2.42. The van der Waals surface area contributed by atoms with Crippen molar-refractivity contribution in [3.05, 3.63) is 0 Å². The SMILES string of the molecule is CNC(=O)C1(C)CSSC1C(NC(=O)C1(C)CSSC1)C(=O)O. The average Bonchev–Trinajstić information content (AvgIpc) is 3.11. The maximum absolute atomic E-state index is 12.6. The van der Waals surface area contributed by atoms with Gasteiger partial charge in [-0.25, -0.2) is 4.79 Å². The maximum atomic E-state index is 12.6. The van der Waals surface area contributed by atoms with Gasteiger partial charge in [-0.3, -0.25) is 9.59 Å². The summed E-state index contributed by atoms with van der Waals surface area (Å²) in [6, 6.07) is -1.09. The zero-order valence-electron chi connectivity index (χ0n) is 13.1. The van der Waals surface area contributed by atoms with Crippen molar-refractivity contribution in [3.63, 3.8) is 0 Å². The summed E-state index contributed by atoms with van der Waals surface area (Å²) >= 11 is 0. The van der Waals surface area contributed by atoms with Gasteiger partial charge in [0, 0.05) is 24.3 Å². The molecule has 0 aromatic carbocycles. The minimum absolute atomic E-state index is 0.196. The highest BCUT2D eigenvalue weighted by Crippen LogP contribution is 2.51. The standard InChI is InChI=1S/C13H20N2O4S4/c1-12(4-20-21-5-12)10(18)15-7(9(16)17)8-13(2,6-22-23-8)11(19)14-3/h7-8H,4-6H2,1-3H3,(H,14,19)(H,15,18)(H,16,17). The number of carbonyl (C=O) groups excluding carboxylic acids is 2. The summed E-state index contributed by atoms with van der Waals surface area (Å²) in [4.78, 5) is 36.6. The summed E-state index contributed by atoms with van der Waals surface area (Å²) < 4.78 is 0. The van der Waals surface area contributed by atoms with Gasteiger partial charge < -0.3 is 15.7 Å². The minimum atomic E-state index is -1.10. The van der Waals surface area contributed by atoms with E-state index in [1.807, 2.05) is 6.92 Å². The van der Waals surface area contributed by atoms with Gasteiger partial charge in [0.2, 0.25) is 11.8 Å². The Bertz CT molecular complexity index is 512. The first-order valence-corrected chi connectivity index (χ1v) is 11.9. The van der Waals surface area contributed by atoms with Crippen molar-refractivity contribution in [2.24, 2.45) is 10.8 Å². The molecule has 2 amide bonds. The molecule has 10 heteroatoms. The lowest BCUT2D eigenvalue weighted by molar-refractivity contribution is -0.144. The molecule has 0 aromatic heterocycles. The van der Waals surface area contributed by atoms with Crippen LogP contribution in [0.2, 0.25) is 0 Å². The molecule has 3 unspecified atom stereocenters. The third-order valence-corrected chi connectivity index (χ3v) is 10.3. The van der Waals surface area contributed by atoms with Crippen molar-refractivity contribution in [1.29, 1.82) is 0 Å². The molecule has 2 fully saturated rings. The molecule has 2 heterocycles. The van der Waals surface area contributed by atoms with Gasteiger partial charge in [0.05, 0.1) is 16.1 Å². The Balaban J connectivity index is 2.19. The molecule has 3 N–H and O–H groups in total. The van der Waals surface area contributed by atoms with Crippen LogP contribution in [0.25, 0.3) is 0 Å². The number of carboxylic acids is 1. The van der Waals surface area contributed by atoms with E-state index < -0.39 is 28.1 Å². The Morgan fingerprint density at radius 2 is 1.70 bits per heavy atom. The fraction of sp³-hybridized carbons (Fsp3) is 0.769. The predicted octanol–water partition coefficient (Wildman–Crippen LogP) is 1.47. The van der Waals surface area contributed by atoms with Crippen LogP contribution in [0.15, 0.2) is 0 Å². The monoisotopic (exact) mass is 396 g/mol. The number of rotatable bonds is 5. The molecule has 130 valence electrons. The molecule has 2 saturated heterocycles. The van der Waals surface area contributed by atoms with E-state index in [2.05, 4.69) is 10.6 Å². The molecule has 3 atom stereocenters. The Morgan fingerprint density at radius 1 is 1.09 bits per heavy atom. The highest BCUT2D eigenvalue weighted by Gasteiger charge is 2.53. The third-order valence-electron chi connectivity index (χ3n) is 4.15. The molecule has 0 radical (unpaired) electrons. The minimum Gasteiger partial charge on any atom is -0.480 e. The van der Waals surface area contributed by atoms with Crippen molar-refractivity contribution in [3.8, 4) is 0 Å². The van der Waals surface area contributed by atoms with Gasteiger partial charge in [0.1, 0.15) is 6.04 Å². The summed E-state index contributed by atoms with van der Waals surface area (Å²) in [6.07, 6.45) is 0. The summed E-state index contributed by atoms with van der Waals surface area (Å²) in [5.41, 5.74) is -1.40. The average molecular weight is 397 g/mol. The van der Waals surface area contributed by atoms with Crippen molar-refractivity contribution in [2.75, 3.05) is 24.3 Å². The van der Waals surface area contributed by atoms with Crippen LogP contribution in [-0.4, -0.2) is 58.5 Å². The Labute approximate surface area is 151 Å². The second kappa shape index (κ2) is 7.37. The number of carboxylic acid groups (broad SMARTS) is 1. The van der Waals surface area contributed by atoms with E-state index in [-0.39, 0.29) is 11.8 Å². The van der Waals surface area contributed by atoms with Gasteiger partial charge in [0.15, 0.2) is 0 Å².